The number of amides is 1. The van der Waals surface area contributed by atoms with Gasteiger partial charge in [-0.25, -0.2) is 4.79 Å². The van der Waals surface area contributed by atoms with Crippen molar-refractivity contribution < 1.29 is 14.3 Å². The van der Waals surface area contributed by atoms with Gasteiger partial charge >= 0.3 is 5.97 Å². The highest BCUT2D eigenvalue weighted by atomic mass is 16.5. The number of carbonyl (C=O) groups excluding carboxylic acids is 2. The van der Waals surface area contributed by atoms with E-state index >= 15 is 0 Å². The van der Waals surface area contributed by atoms with Crippen LogP contribution < -0.4 is 5.32 Å². The van der Waals surface area contributed by atoms with Crippen molar-refractivity contribution in [3.63, 3.8) is 0 Å². The fourth-order valence-electron chi connectivity index (χ4n) is 2.58. The third kappa shape index (κ3) is 3.52. The highest BCUT2D eigenvalue weighted by Gasteiger charge is 2.20. The van der Waals surface area contributed by atoms with E-state index in [1.54, 1.807) is 31.3 Å². The number of aryl methyl sites for hydroxylation is 2. The average Bonchev–Trinajstić information content (AvgIpc) is 3.05. The maximum atomic E-state index is 12.4. The summed E-state index contributed by atoms with van der Waals surface area (Å²) in [6.07, 6.45) is 0.759. The number of nitrogens with one attached hydrogen (secondary N) is 2. The number of anilines is 1. The molecular formula is C19H19N3O3. The second-order valence-electron chi connectivity index (χ2n) is 5.98. The van der Waals surface area contributed by atoms with E-state index < -0.39 is 12.1 Å². The number of nitrogens with zero attached hydrogens (tertiary/aromatic N) is 1. The molecule has 6 heteroatoms. The summed E-state index contributed by atoms with van der Waals surface area (Å²) in [6.45, 7) is 5.38. The van der Waals surface area contributed by atoms with Gasteiger partial charge in [-0.15, -0.1) is 0 Å². The van der Waals surface area contributed by atoms with Crippen molar-refractivity contribution in [1.29, 1.82) is 0 Å². The van der Waals surface area contributed by atoms with Crippen LogP contribution in [0.4, 0.5) is 5.69 Å². The molecule has 1 aromatic heterocycles. The Morgan fingerprint density at radius 3 is 2.60 bits per heavy atom. The molecule has 3 aromatic rings. The summed E-state index contributed by atoms with van der Waals surface area (Å²) in [4.78, 5) is 24.6. The number of aromatic amines is 1. The highest BCUT2D eigenvalue weighted by Crippen LogP contribution is 2.20. The quantitative estimate of drug-likeness (QED) is 0.715. The lowest BCUT2D eigenvalue weighted by molar-refractivity contribution is -0.123. The molecule has 3 rings (SSSR count). The summed E-state index contributed by atoms with van der Waals surface area (Å²) < 4.78 is 5.29. The van der Waals surface area contributed by atoms with Gasteiger partial charge in [-0.2, -0.15) is 5.10 Å². The average molecular weight is 337 g/mol. The summed E-state index contributed by atoms with van der Waals surface area (Å²) in [5.74, 6) is -0.922. The van der Waals surface area contributed by atoms with Gasteiger partial charge in [0.15, 0.2) is 6.10 Å². The summed E-state index contributed by atoms with van der Waals surface area (Å²) in [7, 11) is 0. The first-order valence-electron chi connectivity index (χ1n) is 7.97. The Morgan fingerprint density at radius 2 is 1.88 bits per heavy atom. The molecule has 0 saturated heterocycles. The number of hydrogen-bond acceptors (Lipinski definition) is 4. The summed E-state index contributed by atoms with van der Waals surface area (Å²) in [5, 5.41) is 10.4. The van der Waals surface area contributed by atoms with Crippen molar-refractivity contribution in [2.24, 2.45) is 0 Å². The first-order chi connectivity index (χ1) is 12.0. The number of benzene rings is 2. The fraction of sp³-hybridized carbons (Fsp3) is 0.211. The van der Waals surface area contributed by atoms with Gasteiger partial charge in [-0.05, 0) is 44.0 Å². The van der Waals surface area contributed by atoms with Gasteiger partial charge in [0.2, 0.25) is 0 Å². The largest absolute Gasteiger partial charge is 0.449 e. The zero-order valence-electron chi connectivity index (χ0n) is 14.3. The molecule has 0 saturated carbocycles. The Morgan fingerprint density at radius 1 is 1.16 bits per heavy atom. The Bertz CT molecular complexity index is 926. The molecule has 2 N–H and O–H groups in total. The second-order valence-corrected chi connectivity index (χ2v) is 5.98. The highest BCUT2D eigenvalue weighted by molar-refractivity contribution is 5.99. The first kappa shape index (κ1) is 16.7. The predicted molar refractivity (Wildman–Crippen MR) is 95.5 cm³/mol. The number of para-hydroxylation sites is 1. The SMILES string of the molecule is Cc1cccc(C)c1NC(=O)[C@@H](C)OC(=O)c1ccc2cn[nH]c2c1. The minimum Gasteiger partial charge on any atom is -0.449 e. The third-order valence-electron chi connectivity index (χ3n) is 4.06. The molecule has 25 heavy (non-hydrogen) atoms. The number of ether oxygens (including phenoxy) is 1. The summed E-state index contributed by atoms with van der Waals surface area (Å²) >= 11 is 0. The molecule has 0 aliphatic carbocycles. The van der Waals surface area contributed by atoms with E-state index in [1.165, 1.54) is 0 Å². The number of aromatic nitrogens is 2. The zero-order chi connectivity index (χ0) is 18.0. The van der Waals surface area contributed by atoms with Crippen molar-refractivity contribution in [2.75, 3.05) is 5.32 Å². The molecule has 0 fully saturated rings. The van der Waals surface area contributed by atoms with E-state index in [0.29, 0.717) is 5.56 Å². The van der Waals surface area contributed by atoms with E-state index in [-0.39, 0.29) is 5.91 Å². The number of esters is 1. The Labute approximate surface area is 145 Å². The van der Waals surface area contributed by atoms with Gasteiger partial charge in [0.05, 0.1) is 17.3 Å². The molecule has 0 spiro atoms. The van der Waals surface area contributed by atoms with E-state index in [0.717, 1.165) is 27.7 Å². The van der Waals surface area contributed by atoms with Crippen LogP contribution in [0.2, 0.25) is 0 Å². The van der Waals surface area contributed by atoms with Crippen LogP contribution in [0.25, 0.3) is 10.9 Å². The maximum Gasteiger partial charge on any atom is 0.338 e. The van der Waals surface area contributed by atoms with E-state index in [1.807, 2.05) is 32.0 Å². The minimum atomic E-state index is -0.913. The van der Waals surface area contributed by atoms with Crippen LogP contribution in [0.3, 0.4) is 0 Å². The molecule has 6 nitrogen and oxygen atoms in total. The number of carbonyl (C=O) groups is 2. The van der Waals surface area contributed by atoms with Gasteiger partial charge in [0.25, 0.3) is 5.91 Å². The third-order valence-corrected chi connectivity index (χ3v) is 4.06. The van der Waals surface area contributed by atoms with E-state index in [9.17, 15) is 9.59 Å². The van der Waals surface area contributed by atoms with Crippen molar-refractivity contribution in [3.8, 4) is 0 Å². The molecule has 0 aliphatic rings. The Balaban J connectivity index is 1.69. The molecule has 1 amide bonds. The monoisotopic (exact) mass is 337 g/mol. The normalized spacial score (nSPS) is 12.0. The van der Waals surface area contributed by atoms with E-state index in [2.05, 4.69) is 15.5 Å². The van der Waals surface area contributed by atoms with Crippen LogP contribution in [0.5, 0.6) is 0 Å². The molecule has 2 aromatic carbocycles. The van der Waals surface area contributed by atoms with Crippen molar-refractivity contribution in [2.45, 2.75) is 26.9 Å². The van der Waals surface area contributed by atoms with Gasteiger partial charge in [0.1, 0.15) is 0 Å². The minimum absolute atomic E-state index is 0.364. The van der Waals surface area contributed by atoms with Crippen molar-refractivity contribution in [3.05, 3.63) is 59.3 Å². The number of rotatable bonds is 4. The molecule has 1 atom stereocenters. The number of H-pyrrole nitrogens is 1. The Kier molecular flexibility index (Phi) is 4.52. The van der Waals surface area contributed by atoms with Crippen LogP contribution >= 0.6 is 0 Å². The first-order valence-corrected chi connectivity index (χ1v) is 7.97. The van der Waals surface area contributed by atoms with Gasteiger partial charge in [-0.3, -0.25) is 9.89 Å². The lowest BCUT2D eigenvalue weighted by Gasteiger charge is -2.16. The van der Waals surface area contributed by atoms with Gasteiger partial charge < -0.3 is 10.1 Å². The van der Waals surface area contributed by atoms with Gasteiger partial charge in [0, 0.05) is 11.1 Å². The lowest BCUT2D eigenvalue weighted by atomic mass is 10.1. The molecule has 0 radical (unpaired) electrons. The van der Waals surface area contributed by atoms with Crippen LogP contribution in [-0.4, -0.2) is 28.2 Å². The van der Waals surface area contributed by atoms with E-state index in [4.69, 9.17) is 4.74 Å². The topological polar surface area (TPSA) is 84.1 Å². The smallest absolute Gasteiger partial charge is 0.338 e. The molecule has 0 unspecified atom stereocenters. The Hall–Kier alpha value is -3.15. The van der Waals surface area contributed by atoms with Crippen molar-refractivity contribution >= 4 is 28.5 Å². The van der Waals surface area contributed by atoms with Crippen LogP contribution in [0.1, 0.15) is 28.4 Å². The van der Waals surface area contributed by atoms with Crippen molar-refractivity contribution in [1.82, 2.24) is 10.2 Å². The molecular weight excluding hydrogens is 318 g/mol. The van der Waals surface area contributed by atoms with Gasteiger partial charge in [-0.1, -0.05) is 24.3 Å². The lowest BCUT2D eigenvalue weighted by Crippen LogP contribution is -2.30. The standard InChI is InChI=1S/C19H19N3O3/c1-11-5-4-6-12(2)17(11)21-18(23)13(3)25-19(24)14-7-8-15-10-20-22-16(15)9-14/h4-10,13H,1-3H3,(H,20,22)(H,21,23)/t13-/m1/s1. The van der Waals surface area contributed by atoms with Crippen LogP contribution in [0.15, 0.2) is 42.6 Å². The molecule has 128 valence electrons. The maximum absolute atomic E-state index is 12.4. The fourth-order valence-corrected chi connectivity index (χ4v) is 2.58. The van der Waals surface area contributed by atoms with Crippen LogP contribution in [-0.2, 0) is 9.53 Å². The summed E-state index contributed by atoms with van der Waals surface area (Å²) in [5.41, 5.74) is 3.76. The predicted octanol–water partition coefficient (Wildman–Crippen LogP) is 3.36. The number of hydrogen-bond donors (Lipinski definition) is 2. The molecule has 1 heterocycles. The molecule has 0 aliphatic heterocycles. The van der Waals surface area contributed by atoms with Crippen LogP contribution in [0, 0.1) is 13.8 Å². The number of fused-ring (bicyclic) bond motifs is 1. The summed E-state index contributed by atoms with van der Waals surface area (Å²) in [6, 6.07) is 10.8. The second kappa shape index (κ2) is 6.76. The zero-order valence-corrected chi connectivity index (χ0v) is 14.3. The molecule has 0 bridgehead atoms.